The zero-order chi connectivity index (χ0) is 16.5. The van der Waals surface area contributed by atoms with Gasteiger partial charge in [0.2, 0.25) is 0 Å². The van der Waals surface area contributed by atoms with Gasteiger partial charge in [0.1, 0.15) is 0 Å². The molecular weight excluding hydrogens is 400 g/mol. The van der Waals surface area contributed by atoms with E-state index in [-0.39, 0.29) is 65.2 Å². The molecule has 0 aromatic heterocycles. The third-order valence-electron chi connectivity index (χ3n) is 2.05. The first-order valence-corrected chi connectivity index (χ1v) is 8.09. The fourth-order valence-corrected chi connectivity index (χ4v) is 0.632. The quantitative estimate of drug-likeness (QED) is 0.438. The van der Waals surface area contributed by atoms with Crippen LogP contribution < -0.4 is 0 Å². The zero-order valence-corrected chi connectivity index (χ0v) is 20.5. The van der Waals surface area contributed by atoms with E-state index in [4.69, 9.17) is 20.4 Å². The largest absolute Gasteiger partial charge is 0.396 e. The van der Waals surface area contributed by atoms with Gasteiger partial charge in [-0.05, 0) is 25.7 Å². The molecule has 0 atom stereocenters. The molecule has 140 valence electrons. The van der Waals surface area contributed by atoms with Crippen LogP contribution in [0.25, 0.3) is 0 Å². The molecule has 0 aliphatic carbocycles. The van der Waals surface area contributed by atoms with Crippen LogP contribution in [0.5, 0.6) is 0 Å². The predicted octanol–water partition coefficient (Wildman–Crippen LogP) is 3.11. The monoisotopic (exact) mass is 440 g/mol. The maximum atomic E-state index is 8.07. The van der Waals surface area contributed by atoms with E-state index >= 15 is 0 Å². The smallest absolute Gasteiger partial charge is 0.0430 e. The summed E-state index contributed by atoms with van der Waals surface area (Å²) in [5, 5.41) is 32.3. The Bertz CT molecular complexity index is 81.3. The Morgan fingerprint density at radius 3 is 0.522 bits per heavy atom. The van der Waals surface area contributed by atoms with Gasteiger partial charge in [0.15, 0.2) is 0 Å². The average Bonchev–Trinajstić information content (AvgIpc) is 2.44. The van der Waals surface area contributed by atoms with E-state index in [1.165, 1.54) is 0 Å². The summed E-state index contributed by atoms with van der Waals surface area (Å²) in [4.78, 5) is 0. The maximum Gasteiger partial charge on any atom is 0.0430 e. The number of rotatable bonds is 8. The van der Waals surface area contributed by atoms with Gasteiger partial charge in [0.05, 0.1) is 0 Å². The second-order valence-corrected chi connectivity index (χ2v) is 4.31. The number of aliphatic hydroxyl groups is 4. The first-order valence-electron chi connectivity index (χ1n) is 8.09. The summed E-state index contributed by atoms with van der Waals surface area (Å²) in [5.41, 5.74) is 0. The van der Waals surface area contributed by atoms with Crippen molar-refractivity contribution >= 4 is 0 Å². The topological polar surface area (TPSA) is 80.9 Å². The van der Waals surface area contributed by atoms with Crippen molar-refractivity contribution in [2.75, 3.05) is 26.4 Å². The van der Waals surface area contributed by atoms with Gasteiger partial charge in [-0.3, -0.25) is 0 Å². The Morgan fingerprint density at radius 1 is 0.391 bits per heavy atom. The fourth-order valence-electron chi connectivity index (χ4n) is 0.632. The van der Waals surface area contributed by atoms with Gasteiger partial charge in [-0.2, -0.15) is 0 Å². The molecule has 0 radical (unpaired) electrons. The minimum atomic E-state index is 0. The summed E-state index contributed by atoms with van der Waals surface area (Å²) in [5.74, 6) is 0. The molecule has 0 aromatic rings. The van der Waals surface area contributed by atoms with Crippen molar-refractivity contribution in [3.8, 4) is 0 Å². The Hall–Kier alpha value is 1.98. The SMILES string of the molecule is CCCCO.CCCCO.CCCCO.CCCCO.[Ti].[Ti].[Ti]. The number of aliphatic hydroxyl groups excluding tert-OH is 4. The summed E-state index contributed by atoms with van der Waals surface area (Å²) in [6.07, 6.45) is 8.15. The number of hydrogen-bond donors (Lipinski definition) is 4. The fraction of sp³-hybridized carbons (Fsp3) is 1.00. The molecule has 0 amide bonds. The van der Waals surface area contributed by atoms with Crippen LogP contribution in [0, 0.1) is 0 Å². The minimum absolute atomic E-state index is 0. The number of hydrogen-bond acceptors (Lipinski definition) is 4. The molecule has 0 aromatic carbocycles. The van der Waals surface area contributed by atoms with E-state index in [0.29, 0.717) is 26.4 Å². The van der Waals surface area contributed by atoms with Gasteiger partial charge in [-0.1, -0.05) is 53.4 Å². The van der Waals surface area contributed by atoms with Gasteiger partial charge in [0.25, 0.3) is 0 Å². The van der Waals surface area contributed by atoms with Crippen LogP contribution in [0.15, 0.2) is 0 Å². The van der Waals surface area contributed by atoms with E-state index in [9.17, 15) is 0 Å². The Labute approximate surface area is 189 Å². The van der Waals surface area contributed by atoms with Crippen LogP contribution in [0.1, 0.15) is 79.1 Å². The van der Waals surface area contributed by atoms with E-state index in [0.717, 1.165) is 51.4 Å². The molecule has 0 heterocycles. The molecule has 4 N–H and O–H groups in total. The first-order chi connectivity index (χ1) is 9.66. The van der Waals surface area contributed by atoms with Crippen LogP contribution in [-0.4, -0.2) is 46.9 Å². The van der Waals surface area contributed by atoms with E-state index in [1.54, 1.807) is 0 Å². The third-order valence-corrected chi connectivity index (χ3v) is 2.05. The minimum Gasteiger partial charge on any atom is -0.396 e. The van der Waals surface area contributed by atoms with Crippen LogP contribution in [0.2, 0.25) is 0 Å². The standard InChI is InChI=1S/4C4H10O.3Ti/c4*1-2-3-4-5;;;/h4*5H,2-4H2,1H3;;;. The van der Waals surface area contributed by atoms with Gasteiger partial charge in [-0.25, -0.2) is 0 Å². The average molecular weight is 440 g/mol. The van der Waals surface area contributed by atoms with Crippen molar-refractivity contribution in [2.45, 2.75) is 79.1 Å². The molecule has 4 nitrogen and oxygen atoms in total. The second kappa shape index (κ2) is 64.8. The molecule has 0 rings (SSSR count). The van der Waals surface area contributed by atoms with E-state index < -0.39 is 0 Å². The van der Waals surface area contributed by atoms with Crippen molar-refractivity contribution in [3.05, 3.63) is 0 Å². The van der Waals surface area contributed by atoms with E-state index in [2.05, 4.69) is 27.7 Å². The van der Waals surface area contributed by atoms with Crippen LogP contribution >= 0.6 is 0 Å². The normalized spacial score (nSPS) is 7.30. The molecule has 0 saturated heterocycles. The van der Waals surface area contributed by atoms with Crippen molar-refractivity contribution in [1.29, 1.82) is 0 Å². The maximum absolute atomic E-state index is 8.07. The molecule has 0 bridgehead atoms. The molecule has 7 heteroatoms. The molecule has 0 aliphatic heterocycles. The summed E-state index contributed by atoms with van der Waals surface area (Å²) in [6, 6.07) is 0. The molecule has 0 aliphatic rings. The van der Waals surface area contributed by atoms with Crippen molar-refractivity contribution in [1.82, 2.24) is 0 Å². The molecular formula is C16H40O4Ti3. The van der Waals surface area contributed by atoms with Crippen LogP contribution in [0.3, 0.4) is 0 Å². The van der Waals surface area contributed by atoms with Crippen molar-refractivity contribution in [3.63, 3.8) is 0 Å². The molecule has 0 spiro atoms. The summed E-state index contributed by atoms with van der Waals surface area (Å²) < 4.78 is 0. The summed E-state index contributed by atoms with van der Waals surface area (Å²) in [6.45, 7) is 9.58. The summed E-state index contributed by atoms with van der Waals surface area (Å²) in [7, 11) is 0. The van der Waals surface area contributed by atoms with Crippen molar-refractivity contribution < 1.29 is 85.6 Å². The molecule has 23 heavy (non-hydrogen) atoms. The predicted molar refractivity (Wildman–Crippen MR) is 88.0 cm³/mol. The third kappa shape index (κ3) is 116. The second-order valence-electron chi connectivity index (χ2n) is 4.31. The van der Waals surface area contributed by atoms with Gasteiger partial charge >= 0.3 is 0 Å². The van der Waals surface area contributed by atoms with Gasteiger partial charge in [-0.15, -0.1) is 0 Å². The number of unbranched alkanes of at least 4 members (excludes halogenated alkanes) is 4. The van der Waals surface area contributed by atoms with Crippen LogP contribution in [0.4, 0.5) is 0 Å². The van der Waals surface area contributed by atoms with Crippen molar-refractivity contribution in [2.24, 2.45) is 0 Å². The first kappa shape index (κ1) is 44.4. The summed E-state index contributed by atoms with van der Waals surface area (Å²) >= 11 is 0. The molecule has 0 fully saturated rings. The Morgan fingerprint density at radius 2 is 0.522 bits per heavy atom. The molecule has 0 saturated carbocycles. The molecule has 0 unspecified atom stereocenters. The van der Waals surface area contributed by atoms with Crippen LogP contribution in [-0.2, 0) is 65.2 Å². The van der Waals surface area contributed by atoms with E-state index in [1.807, 2.05) is 0 Å². The zero-order valence-electron chi connectivity index (χ0n) is 15.8. The van der Waals surface area contributed by atoms with Gasteiger partial charge < -0.3 is 20.4 Å². The Kier molecular flexibility index (Phi) is 125. The Balaban J connectivity index is -0.0000000284. The van der Waals surface area contributed by atoms with Gasteiger partial charge in [0, 0.05) is 91.6 Å².